The van der Waals surface area contributed by atoms with Crippen LogP contribution in [0.25, 0.3) is 0 Å². The summed E-state index contributed by atoms with van der Waals surface area (Å²) in [6.45, 7) is 9.21. The van der Waals surface area contributed by atoms with Crippen LogP contribution in [0.1, 0.15) is 27.7 Å². The Morgan fingerprint density at radius 3 is 2.62 bits per heavy atom. The van der Waals surface area contributed by atoms with Gasteiger partial charge >= 0.3 is 0 Å². The van der Waals surface area contributed by atoms with E-state index in [0.29, 0.717) is 0 Å². The van der Waals surface area contributed by atoms with Crippen molar-refractivity contribution in [2.75, 3.05) is 11.9 Å². The van der Waals surface area contributed by atoms with E-state index in [1.165, 1.54) is 5.00 Å². The van der Waals surface area contributed by atoms with Crippen LogP contribution in [0.4, 0.5) is 5.00 Å². The number of thiophene rings is 1. The summed E-state index contributed by atoms with van der Waals surface area (Å²) in [6.07, 6.45) is 0. The first kappa shape index (κ1) is 10.4. The highest BCUT2D eigenvalue weighted by Gasteiger charge is 2.12. The Kier molecular flexibility index (Phi) is 3.20. The summed E-state index contributed by atoms with van der Waals surface area (Å²) in [7, 11) is 0. The third kappa shape index (κ3) is 3.68. The van der Waals surface area contributed by atoms with E-state index < -0.39 is 0 Å². The fourth-order valence-corrected chi connectivity index (χ4v) is 1.94. The Balaban J connectivity index is 2.59. The summed E-state index contributed by atoms with van der Waals surface area (Å²) in [5.41, 5.74) is -0.103. The van der Waals surface area contributed by atoms with Crippen molar-refractivity contribution in [1.82, 2.24) is 0 Å². The Bertz CT molecular complexity index is 262. The van der Waals surface area contributed by atoms with Crippen molar-refractivity contribution in [1.29, 1.82) is 0 Å². The molecule has 2 nitrogen and oxygen atoms in total. The van der Waals surface area contributed by atoms with Crippen LogP contribution >= 0.6 is 11.3 Å². The average Bonchev–Trinajstić information content (AvgIpc) is 2.33. The predicted molar refractivity (Wildman–Crippen MR) is 58.9 cm³/mol. The van der Waals surface area contributed by atoms with Gasteiger partial charge in [0.25, 0.3) is 0 Å². The minimum atomic E-state index is -0.103. The van der Waals surface area contributed by atoms with Gasteiger partial charge in [-0.2, -0.15) is 0 Å². The molecule has 0 radical (unpaired) electrons. The molecule has 0 bridgehead atoms. The molecule has 0 amide bonds. The van der Waals surface area contributed by atoms with Crippen LogP contribution in [0.2, 0.25) is 0 Å². The number of nitrogens with one attached hydrogen (secondary N) is 1. The van der Waals surface area contributed by atoms with Crippen LogP contribution in [0.3, 0.4) is 0 Å². The summed E-state index contributed by atoms with van der Waals surface area (Å²) in [4.78, 5) is 0. The first-order valence-corrected chi connectivity index (χ1v) is 5.35. The topological polar surface area (TPSA) is 21.3 Å². The number of anilines is 1. The lowest BCUT2D eigenvalue weighted by atomic mass is 10.2. The minimum Gasteiger partial charge on any atom is -0.479 e. The normalized spacial score (nSPS) is 11.4. The van der Waals surface area contributed by atoms with Gasteiger partial charge in [-0.05, 0) is 39.8 Å². The van der Waals surface area contributed by atoms with Crippen LogP contribution in [0.15, 0.2) is 12.1 Å². The van der Waals surface area contributed by atoms with Crippen molar-refractivity contribution < 1.29 is 4.74 Å². The average molecular weight is 199 g/mol. The quantitative estimate of drug-likeness (QED) is 0.806. The van der Waals surface area contributed by atoms with E-state index in [0.717, 1.165) is 11.6 Å². The SMILES string of the molecule is CCNc1ccc(OC(C)(C)C)s1. The maximum Gasteiger partial charge on any atom is 0.176 e. The summed E-state index contributed by atoms with van der Waals surface area (Å²) in [6, 6.07) is 4.06. The third-order valence-corrected chi connectivity index (χ3v) is 2.26. The van der Waals surface area contributed by atoms with Crippen molar-refractivity contribution in [2.45, 2.75) is 33.3 Å². The maximum absolute atomic E-state index is 5.71. The van der Waals surface area contributed by atoms with Gasteiger partial charge in [0.2, 0.25) is 0 Å². The summed E-state index contributed by atoms with van der Waals surface area (Å²) >= 11 is 1.65. The fourth-order valence-electron chi connectivity index (χ4n) is 0.946. The lowest BCUT2D eigenvalue weighted by molar-refractivity contribution is 0.136. The minimum absolute atomic E-state index is 0.103. The zero-order valence-corrected chi connectivity index (χ0v) is 9.49. The molecule has 74 valence electrons. The molecule has 0 spiro atoms. The zero-order chi connectivity index (χ0) is 9.90. The van der Waals surface area contributed by atoms with Crippen LogP contribution in [0.5, 0.6) is 5.06 Å². The van der Waals surface area contributed by atoms with E-state index in [2.05, 4.69) is 39.1 Å². The molecule has 1 aromatic heterocycles. The van der Waals surface area contributed by atoms with Crippen LogP contribution in [0, 0.1) is 0 Å². The smallest absolute Gasteiger partial charge is 0.176 e. The molecule has 1 aromatic rings. The Morgan fingerprint density at radius 2 is 2.08 bits per heavy atom. The van der Waals surface area contributed by atoms with Crippen molar-refractivity contribution in [2.24, 2.45) is 0 Å². The first-order valence-electron chi connectivity index (χ1n) is 4.54. The highest BCUT2D eigenvalue weighted by atomic mass is 32.1. The molecule has 0 saturated heterocycles. The van der Waals surface area contributed by atoms with Gasteiger partial charge in [-0.1, -0.05) is 11.3 Å². The van der Waals surface area contributed by atoms with Gasteiger partial charge in [0.05, 0.1) is 5.00 Å². The zero-order valence-electron chi connectivity index (χ0n) is 8.68. The molecule has 0 aliphatic carbocycles. The molecule has 0 unspecified atom stereocenters. The summed E-state index contributed by atoms with van der Waals surface area (Å²) in [5, 5.41) is 5.40. The molecule has 1 heterocycles. The number of hydrogen-bond acceptors (Lipinski definition) is 3. The lowest BCUT2D eigenvalue weighted by Crippen LogP contribution is -2.22. The Morgan fingerprint density at radius 1 is 1.38 bits per heavy atom. The second-order valence-corrected chi connectivity index (χ2v) is 4.91. The number of hydrogen-bond donors (Lipinski definition) is 1. The molecule has 0 fully saturated rings. The Labute approximate surface area is 83.9 Å². The lowest BCUT2D eigenvalue weighted by Gasteiger charge is -2.19. The molecule has 13 heavy (non-hydrogen) atoms. The molecule has 0 aliphatic rings. The predicted octanol–water partition coefficient (Wildman–Crippen LogP) is 3.36. The maximum atomic E-state index is 5.71. The van der Waals surface area contributed by atoms with Crippen LogP contribution in [-0.2, 0) is 0 Å². The van der Waals surface area contributed by atoms with Crippen molar-refractivity contribution in [3.63, 3.8) is 0 Å². The summed E-state index contributed by atoms with van der Waals surface area (Å²) < 4.78 is 5.71. The van der Waals surface area contributed by atoms with Gasteiger partial charge in [-0.25, -0.2) is 0 Å². The van der Waals surface area contributed by atoms with Crippen molar-refractivity contribution in [3.05, 3.63) is 12.1 Å². The molecule has 3 heteroatoms. The van der Waals surface area contributed by atoms with Crippen LogP contribution in [-0.4, -0.2) is 12.1 Å². The molecule has 0 aromatic carbocycles. The van der Waals surface area contributed by atoms with E-state index in [1.807, 2.05) is 6.07 Å². The standard InChI is InChI=1S/C10H17NOS/c1-5-11-8-6-7-9(13-8)12-10(2,3)4/h6-7,11H,5H2,1-4H3. The molecule has 1 N–H and O–H groups in total. The Hall–Kier alpha value is -0.700. The van der Waals surface area contributed by atoms with Gasteiger partial charge in [-0.3, -0.25) is 0 Å². The largest absolute Gasteiger partial charge is 0.479 e. The molecular weight excluding hydrogens is 182 g/mol. The first-order chi connectivity index (χ1) is 6.01. The molecular formula is C10H17NOS. The van der Waals surface area contributed by atoms with E-state index in [9.17, 15) is 0 Å². The van der Waals surface area contributed by atoms with Crippen molar-refractivity contribution in [3.8, 4) is 5.06 Å². The molecule has 0 aliphatic heterocycles. The van der Waals surface area contributed by atoms with Gasteiger partial charge in [0.15, 0.2) is 5.06 Å². The fraction of sp³-hybridized carbons (Fsp3) is 0.600. The highest BCUT2D eigenvalue weighted by molar-refractivity contribution is 7.17. The summed E-state index contributed by atoms with van der Waals surface area (Å²) in [5.74, 6) is 0. The van der Waals surface area contributed by atoms with Crippen molar-refractivity contribution >= 4 is 16.3 Å². The van der Waals surface area contributed by atoms with Gasteiger partial charge in [0, 0.05) is 6.54 Å². The molecule has 0 atom stereocenters. The second kappa shape index (κ2) is 4.01. The van der Waals surface area contributed by atoms with Gasteiger partial charge in [-0.15, -0.1) is 0 Å². The van der Waals surface area contributed by atoms with Crippen LogP contribution < -0.4 is 10.1 Å². The highest BCUT2D eigenvalue weighted by Crippen LogP contribution is 2.31. The van der Waals surface area contributed by atoms with E-state index >= 15 is 0 Å². The van der Waals surface area contributed by atoms with Gasteiger partial charge < -0.3 is 10.1 Å². The van der Waals surface area contributed by atoms with E-state index in [-0.39, 0.29) is 5.60 Å². The van der Waals surface area contributed by atoms with Gasteiger partial charge in [0.1, 0.15) is 5.60 Å². The number of ether oxygens (including phenoxy) is 1. The van der Waals surface area contributed by atoms with E-state index in [1.54, 1.807) is 11.3 Å². The third-order valence-electron chi connectivity index (χ3n) is 1.34. The monoisotopic (exact) mass is 199 g/mol. The molecule has 1 rings (SSSR count). The number of rotatable bonds is 3. The molecule has 0 saturated carbocycles. The second-order valence-electron chi connectivity index (χ2n) is 3.86. The van der Waals surface area contributed by atoms with E-state index in [4.69, 9.17) is 4.74 Å².